The summed E-state index contributed by atoms with van der Waals surface area (Å²) < 4.78 is 1.80. The summed E-state index contributed by atoms with van der Waals surface area (Å²) in [5.74, 6) is 0.359. The van der Waals surface area contributed by atoms with Crippen LogP contribution in [0.2, 0.25) is 10.0 Å². The molecule has 2 amide bonds. The van der Waals surface area contributed by atoms with Crippen molar-refractivity contribution in [3.63, 3.8) is 0 Å². The lowest BCUT2D eigenvalue weighted by Gasteiger charge is -2.22. The number of hydrogen-bond acceptors (Lipinski definition) is 5. The predicted molar refractivity (Wildman–Crippen MR) is 146 cm³/mol. The van der Waals surface area contributed by atoms with Crippen molar-refractivity contribution in [2.75, 3.05) is 11.1 Å². The number of fused-ring (bicyclic) bond motifs is 1. The van der Waals surface area contributed by atoms with Crippen molar-refractivity contribution in [3.05, 3.63) is 82.1 Å². The van der Waals surface area contributed by atoms with Gasteiger partial charge in [0, 0.05) is 18.3 Å². The van der Waals surface area contributed by atoms with Crippen molar-refractivity contribution >= 4 is 63.2 Å². The summed E-state index contributed by atoms with van der Waals surface area (Å²) in [6.07, 6.45) is 0. The van der Waals surface area contributed by atoms with Gasteiger partial charge < -0.3 is 15.2 Å². The number of carbonyl (C=O) groups excluding carboxylic acids is 2. The zero-order valence-electron chi connectivity index (χ0n) is 20.0. The lowest BCUT2D eigenvalue weighted by molar-refractivity contribution is -0.113. The minimum absolute atomic E-state index is 0.0358. The number of nitrogens with one attached hydrogen (secondary N) is 2. The summed E-state index contributed by atoms with van der Waals surface area (Å²) in [5.41, 5.74) is 1.14. The van der Waals surface area contributed by atoms with Crippen molar-refractivity contribution in [2.24, 2.45) is 13.0 Å². The van der Waals surface area contributed by atoms with Crippen LogP contribution in [-0.2, 0) is 11.8 Å². The molecule has 1 atom stereocenters. The Bertz CT molecular complexity index is 1420. The van der Waals surface area contributed by atoms with E-state index in [1.807, 2.05) is 63.4 Å². The summed E-state index contributed by atoms with van der Waals surface area (Å²) in [4.78, 5) is 25.4. The van der Waals surface area contributed by atoms with Crippen molar-refractivity contribution in [2.45, 2.75) is 25.0 Å². The van der Waals surface area contributed by atoms with Gasteiger partial charge in [-0.25, -0.2) is 0 Å². The maximum atomic E-state index is 12.9. The monoisotopic (exact) mass is 541 g/mol. The second kappa shape index (κ2) is 11.3. The predicted octanol–water partition coefficient (Wildman–Crippen LogP) is 6.13. The van der Waals surface area contributed by atoms with Gasteiger partial charge in [0.1, 0.15) is 0 Å². The van der Waals surface area contributed by atoms with Gasteiger partial charge >= 0.3 is 0 Å². The van der Waals surface area contributed by atoms with Gasteiger partial charge in [-0.05, 0) is 47.0 Å². The minimum atomic E-state index is -0.398. The van der Waals surface area contributed by atoms with Crippen molar-refractivity contribution in [3.8, 4) is 0 Å². The summed E-state index contributed by atoms with van der Waals surface area (Å²) in [7, 11) is 1.82. The minimum Gasteiger partial charge on any atom is -0.342 e. The molecule has 0 unspecified atom stereocenters. The van der Waals surface area contributed by atoms with Gasteiger partial charge in [-0.1, -0.05) is 79.1 Å². The summed E-state index contributed by atoms with van der Waals surface area (Å²) >= 11 is 13.3. The van der Waals surface area contributed by atoms with Gasteiger partial charge in [-0.2, -0.15) is 0 Å². The van der Waals surface area contributed by atoms with Crippen LogP contribution in [0.25, 0.3) is 10.8 Å². The van der Waals surface area contributed by atoms with Crippen LogP contribution in [0.15, 0.2) is 65.8 Å². The number of thioether (sulfide) groups is 1. The number of halogens is 2. The molecule has 3 aromatic carbocycles. The molecule has 0 aliphatic heterocycles. The maximum absolute atomic E-state index is 12.9. The fourth-order valence-corrected chi connectivity index (χ4v) is 4.72. The zero-order chi connectivity index (χ0) is 25.8. The van der Waals surface area contributed by atoms with Crippen molar-refractivity contribution in [1.82, 2.24) is 20.1 Å². The quantitative estimate of drug-likeness (QED) is 0.262. The van der Waals surface area contributed by atoms with Crippen molar-refractivity contribution in [1.29, 1.82) is 0 Å². The highest BCUT2D eigenvalue weighted by Crippen LogP contribution is 2.26. The van der Waals surface area contributed by atoms with E-state index in [2.05, 4.69) is 20.8 Å². The molecule has 1 heterocycles. The summed E-state index contributed by atoms with van der Waals surface area (Å²) in [6.45, 7) is 3.97. The molecule has 0 saturated heterocycles. The Kier molecular flexibility index (Phi) is 8.18. The van der Waals surface area contributed by atoms with Gasteiger partial charge in [0.25, 0.3) is 5.91 Å². The number of hydrogen-bond donors (Lipinski definition) is 2. The third kappa shape index (κ3) is 6.00. The van der Waals surface area contributed by atoms with Gasteiger partial charge in [-0.15, -0.1) is 10.2 Å². The van der Waals surface area contributed by atoms with Crippen LogP contribution in [0.4, 0.5) is 5.69 Å². The van der Waals surface area contributed by atoms with Crippen LogP contribution in [0, 0.1) is 5.92 Å². The van der Waals surface area contributed by atoms with Gasteiger partial charge in [-0.3, -0.25) is 9.59 Å². The van der Waals surface area contributed by atoms with Crippen LogP contribution >= 0.6 is 35.0 Å². The molecule has 2 N–H and O–H groups in total. The van der Waals surface area contributed by atoms with E-state index in [0.717, 1.165) is 16.5 Å². The molecule has 0 aliphatic rings. The first-order valence-corrected chi connectivity index (χ1v) is 13.0. The number of anilines is 1. The number of rotatable bonds is 8. The van der Waals surface area contributed by atoms with Crippen LogP contribution < -0.4 is 10.6 Å². The van der Waals surface area contributed by atoms with E-state index < -0.39 is 6.04 Å². The van der Waals surface area contributed by atoms with E-state index >= 15 is 0 Å². The van der Waals surface area contributed by atoms with Crippen molar-refractivity contribution < 1.29 is 9.59 Å². The van der Waals surface area contributed by atoms with E-state index in [4.69, 9.17) is 23.2 Å². The second-order valence-corrected chi connectivity index (χ2v) is 10.4. The van der Waals surface area contributed by atoms with Gasteiger partial charge in [0.2, 0.25) is 5.91 Å². The first kappa shape index (κ1) is 26.0. The molecule has 4 rings (SSSR count). The van der Waals surface area contributed by atoms with E-state index in [9.17, 15) is 9.59 Å². The summed E-state index contributed by atoms with van der Waals surface area (Å²) in [6, 6.07) is 18.1. The lowest BCUT2D eigenvalue weighted by atomic mass is 10.0. The van der Waals surface area contributed by atoms with Crippen LogP contribution in [-0.4, -0.2) is 32.3 Å². The number of aromatic nitrogens is 3. The molecule has 36 heavy (non-hydrogen) atoms. The molecule has 0 bridgehead atoms. The largest absolute Gasteiger partial charge is 0.342 e. The Morgan fingerprint density at radius 1 is 0.972 bits per heavy atom. The SMILES string of the molecule is CC(C)[C@H](NC(=O)c1ccc(Cl)c(Cl)c1)c1nnc(SCC(=O)Nc2ccc3ccccc3c2)n1C. The Balaban J connectivity index is 1.41. The Morgan fingerprint density at radius 2 is 1.72 bits per heavy atom. The number of benzene rings is 3. The number of carbonyl (C=O) groups is 2. The molecule has 186 valence electrons. The Labute approximate surface area is 223 Å². The molecule has 0 aliphatic carbocycles. The highest BCUT2D eigenvalue weighted by atomic mass is 35.5. The van der Waals surface area contributed by atoms with Crippen LogP contribution in [0.1, 0.15) is 36.1 Å². The fourth-order valence-electron chi connectivity index (χ4n) is 3.71. The third-order valence-corrected chi connectivity index (χ3v) is 7.41. The third-order valence-electron chi connectivity index (χ3n) is 5.65. The van der Waals surface area contributed by atoms with Crippen LogP contribution in [0.5, 0.6) is 0 Å². The molecule has 0 spiro atoms. The molecule has 0 saturated carbocycles. The molecule has 1 aromatic heterocycles. The Hall–Kier alpha value is -3.07. The topological polar surface area (TPSA) is 88.9 Å². The van der Waals surface area contributed by atoms with E-state index in [1.165, 1.54) is 17.8 Å². The molecule has 10 heteroatoms. The molecule has 4 aromatic rings. The summed E-state index contributed by atoms with van der Waals surface area (Å²) in [5, 5.41) is 17.9. The molecular weight excluding hydrogens is 517 g/mol. The molecule has 7 nitrogen and oxygen atoms in total. The van der Waals surface area contributed by atoms with E-state index in [-0.39, 0.29) is 23.5 Å². The average molecular weight is 542 g/mol. The first-order chi connectivity index (χ1) is 17.2. The van der Waals surface area contributed by atoms with Gasteiger partial charge in [0.05, 0.1) is 21.8 Å². The highest BCUT2D eigenvalue weighted by molar-refractivity contribution is 7.99. The Morgan fingerprint density at radius 3 is 2.44 bits per heavy atom. The molecule has 0 radical (unpaired) electrons. The number of nitrogens with zero attached hydrogens (tertiary/aromatic N) is 3. The standard InChI is InChI=1S/C26H25Cl2N5O2S/c1-15(2)23(30-25(35)18-9-11-20(27)21(28)13-18)24-31-32-26(33(24)3)36-14-22(34)29-19-10-8-16-6-4-5-7-17(16)12-19/h4-13,15,23H,14H2,1-3H3,(H,29,34)(H,30,35)/t23-/m0/s1. The van der Waals surface area contributed by atoms with Gasteiger partial charge in [0.15, 0.2) is 11.0 Å². The molecule has 0 fully saturated rings. The fraction of sp³-hybridized carbons (Fsp3) is 0.231. The second-order valence-electron chi connectivity index (χ2n) is 8.62. The highest BCUT2D eigenvalue weighted by Gasteiger charge is 2.25. The average Bonchev–Trinajstić information content (AvgIpc) is 3.22. The zero-order valence-corrected chi connectivity index (χ0v) is 22.3. The molecular formula is C26H25Cl2N5O2S. The maximum Gasteiger partial charge on any atom is 0.251 e. The smallest absolute Gasteiger partial charge is 0.251 e. The lowest BCUT2D eigenvalue weighted by Crippen LogP contribution is -2.33. The normalized spacial score (nSPS) is 12.1. The van der Waals surface area contributed by atoms with Crippen LogP contribution in [0.3, 0.4) is 0 Å². The first-order valence-electron chi connectivity index (χ1n) is 11.3. The van der Waals surface area contributed by atoms with E-state index in [0.29, 0.717) is 26.6 Å². The number of amides is 2. The van der Waals surface area contributed by atoms with E-state index in [1.54, 1.807) is 16.7 Å².